The molecule has 1 heterocycles. The predicted octanol–water partition coefficient (Wildman–Crippen LogP) is 6.33. The van der Waals surface area contributed by atoms with Crippen LogP contribution in [0.25, 0.3) is 0 Å². The molecule has 0 atom stereocenters. The third-order valence-electron chi connectivity index (χ3n) is 7.45. The second-order valence-corrected chi connectivity index (χ2v) is 9.58. The lowest BCUT2D eigenvalue weighted by atomic mass is 9.62. The van der Waals surface area contributed by atoms with E-state index in [4.69, 9.17) is 14.2 Å². The molecule has 1 aromatic rings. The molecule has 0 saturated heterocycles. The molecular weight excluding hydrogens is 406 g/mol. The maximum Gasteiger partial charge on any atom is 0.412 e. The Morgan fingerprint density at radius 3 is 2.25 bits per heavy atom. The molecule has 0 bridgehead atoms. The van der Waals surface area contributed by atoms with Crippen molar-refractivity contribution in [1.82, 2.24) is 0 Å². The van der Waals surface area contributed by atoms with Crippen LogP contribution in [0.5, 0.6) is 5.75 Å². The van der Waals surface area contributed by atoms with Gasteiger partial charge in [0.05, 0.1) is 18.9 Å². The Hall–Kier alpha value is -2.24. The van der Waals surface area contributed by atoms with E-state index in [1.54, 1.807) is 0 Å². The van der Waals surface area contributed by atoms with Crippen molar-refractivity contribution < 1.29 is 23.8 Å². The smallest absolute Gasteiger partial charge is 0.412 e. The highest BCUT2D eigenvalue weighted by Gasteiger charge is 2.53. The highest BCUT2D eigenvalue weighted by molar-refractivity contribution is 5.89. The van der Waals surface area contributed by atoms with Crippen LogP contribution in [0.15, 0.2) is 18.2 Å². The van der Waals surface area contributed by atoms with Crippen LogP contribution in [0.4, 0.5) is 10.5 Å². The van der Waals surface area contributed by atoms with E-state index in [0.717, 1.165) is 55.5 Å². The van der Waals surface area contributed by atoms with E-state index in [1.165, 1.54) is 45.4 Å². The summed E-state index contributed by atoms with van der Waals surface area (Å²) in [5.41, 5.74) is 1.43. The normalized spacial score (nSPS) is 21.2. The van der Waals surface area contributed by atoms with E-state index >= 15 is 0 Å². The number of carbonyl (C=O) groups excluding carboxylic acids is 2. The average molecular weight is 444 g/mol. The number of fused-ring (bicyclic) bond motifs is 1. The van der Waals surface area contributed by atoms with Crippen molar-refractivity contribution in [3.05, 3.63) is 23.8 Å². The van der Waals surface area contributed by atoms with Crippen LogP contribution in [0, 0.1) is 11.8 Å². The standard InChI is InChI=1S/C26H37NO5/c1-19(28)30-16-8-9-17-31-22-14-15-24-23(18-22)26(32-25(29)27-24,20-10-4-2-5-11-20)21-12-6-3-7-13-21/h14-15,18,20-21H,2-13,16-17H2,1H3,(H,27,29). The van der Waals surface area contributed by atoms with Crippen LogP contribution in [-0.4, -0.2) is 25.3 Å². The van der Waals surface area contributed by atoms with E-state index in [-0.39, 0.29) is 12.1 Å². The zero-order chi connectivity index (χ0) is 22.4. The first-order valence-electron chi connectivity index (χ1n) is 12.5. The molecule has 1 amide bonds. The van der Waals surface area contributed by atoms with Crippen LogP contribution >= 0.6 is 0 Å². The maximum atomic E-state index is 12.7. The quantitative estimate of drug-likeness (QED) is 0.375. The van der Waals surface area contributed by atoms with Crippen molar-refractivity contribution in [2.24, 2.45) is 11.8 Å². The number of cyclic esters (lactones) is 1. The van der Waals surface area contributed by atoms with Crippen molar-refractivity contribution in [3.63, 3.8) is 0 Å². The Morgan fingerprint density at radius 1 is 1.00 bits per heavy atom. The van der Waals surface area contributed by atoms with Crippen molar-refractivity contribution in [2.75, 3.05) is 18.5 Å². The third-order valence-corrected chi connectivity index (χ3v) is 7.45. The van der Waals surface area contributed by atoms with E-state index in [9.17, 15) is 9.59 Å². The minimum Gasteiger partial charge on any atom is -0.494 e. The van der Waals surface area contributed by atoms with Gasteiger partial charge in [0.15, 0.2) is 0 Å². The number of anilines is 1. The molecule has 6 nitrogen and oxygen atoms in total. The van der Waals surface area contributed by atoms with Gasteiger partial charge in [0.25, 0.3) is 0 Å². The lowest BCUT2D eigenvalue weighted by molar-refractivity contribution is -0.141. The summed E-state index contributed by atoms with van der Waals surface area (Å²) in [6.45, 7) is 2.41. The van der Waals surface area contributed by atoms with Gasteiger partial charge in [0.2, 0.25) is 0 Å². The molecule has 2 fully saturated rings. The first-order chi connectivity index (χ1) is 15.6. The summed E-state index contributed by atoms with van der Waals surface area (Å²) in [5.74, 6) is 1.29. The predicted molar refractivity (Wildman–Crippen MR) is 123 cm³/mol. The van der Waals surface area contributed by atoms with Crippen LogP contribution in [0.1, 0.15) is 89.5 Å². The monoisotopic (exact) mass is 443 g/mol. The van der Waals surface area contributed by atoms with Gasteiger partial charge in [0.1, 0.15) is 11.4 Å². The van der Waals surface area contributed by atoms with Gasteiger partial charge in [-0.05, 0) is 56.7 Å². The summed E-state index contributed by atoms with van der Waals surface area (Å²) in [4.78, 5) is 23.6. The Morgan fingerprint density at radius 2 is 1.62 bits per heavy atom. The van der Waals surface area contributed by atoms with E-state index in [0.29, 0.717) is 25.0 Å². The fraction of sp³-hybridized carbons (Fsp3) is 0.692. The van der Waals surface area contributed by atoms with Crippen molar-refractivity contribution in [2.45, 2.75) is 89.6 Å². The number of hydrogen-bond donors (Lipinski definition) is 1. The Labute approximate surface area is 191 Å². The number of hydrogen-bond acceptors (Lipinski definition) is 5. The highest BCUT2D eigenvalue weighted by Crippen LogP contribution is 2.55. The number of carbonyl (C=O) groups is 2. The average Bonchev–Trinajstić information content (AvgIpc) is 2.82. The van der Waals surface area contributed by atoms with Crippen LogP contribution in [0.3, 0.4) is 0 Å². The SMILES string of the molecule is CC(=O)OCCCCOc1ccc2c(c1)C(C1CCCCC1)(C1CCCCC1)OC(=O)N2. The van der Waals surface area contributed by atoms with Gasteiger partial charge >= 0.3 is 12.1 Å². The summed E-state index contributed by atoms with van der Waals surface area (Å²) in [5, 5.41) is 2.95. The first-order valence-corrected chi connectivity index (χ1v) is 12.5. The molecule has 0 aromatic heterocycles. The number of esters is 1. The number of ether oxygens (including phenoxy) is 3. The number of unbranched alkanes of at least 4 members (excludes halogenated alkanes) is 1. The fourth-order valence-corrected chi connectivity index (χ4v) is 6.00. The molecule has 0 radical (unpaired) electrons. The molecule has 2 saturated carbocycles. The largest absolute Gasteiger partial charge is 0.494 e. The van der Waals surface area contributed by atoms with Crippen molar-refractivity contribution in [3.8, 4) is 5.75 Å². The fourth-order valence-electron chi connectivity index (χ4n) is 6.00. The summed E-state index contributed by atoms with van der Waals surface area (Å²) in [7, 11) is 0. The maximum absolute atomic E-state index is 12.7. The molecule has 0 spiro atoms. The molecule has 1 N–H and O–H groups in total. The lowest BCUT2D eigenvalue weighted by Gasteiger charge is -2.50. The Bertz CT molecular complexity index is 777. The molecule has 176 valence electrons. The van der Waals surface area contributed by atoms with Gasteiger partial charge in [0, 0.05) is 24.3 Å². The molecule has 0 unspecified atom stereocenters. The van der Waals surface area contributed by atoms with Crippen LogP contribution in [0.2, 0.25) is 0 Å². The van der Waals surface area contributed by atoms with Crippen LogP contribution in [-0.2, 0) is 19.9 Å². The summed E-state index contributed by atoms with van der Waals surface area (Å²) in [6.07, 6.45) is 13.1. The third kappa shape index (κ3) is 5.05. The number of amides is 1. The van der Waals surface area contributed by atoms with Crippen molar-refractivity contribution in [1.29, 1.82) is 0 Å². The molecule has 6 heteroatoms. The Balaban J connectivity index is 1.57. The summed E-state index contributed by atoms with van der Waals surface area (Å²) in [6, 6.07) is 6.03. The first kappa shape index (κ1) is 22.9. The van der Waals surface area contributed by atoms with Gasteiger partial charge in [-0.25, -0.2) is 4.79 Å². The lowest BCUT2D eigenvalue weighted by Crippen LogP contribution is -2.51. The number of nitrogens with one attached hydrogen (secondary N) is 1. The number of benzene rings is 1. The van der Waals surface area contributed by atoms with Gasteiger partial charge in [-0.3, -0.25) is 10.1 Å². The van der Waals surface area contributed by atoms with E-state index in [1.807, 2.05) is 12.1 Å². The van der Waals surface area contributed by atoms with E-state index < -0.39 is 5.60 Å². The molecule has 4 rings (SSSR count). The molecule has 1 aliphatic heterocycles. The summed E-state index contributed by atoms with van der Waals surface area (Å²) < 4.78 is 17.4. The zero-order valence-electron chi connectivity index (χ0n) is 19.3. The topological polar surface area (TPSA) is 73.9 Å². The van der Waals surface area contributed by atoms with Crippen molar-refractivity contribution >= 4 is 17.7 Å². The molecule has 2 aliphatic carbocycles. The van der Waals surface area contributed by atoms with Gasteiger partial charge in [-0.1, -0.05) is 38.5 Å². The van der Waals surface area contributed by atoms with Crippen LogP contribution < -0.4 is 10.1 Å². The summed E-state index contributed by atoms with van der Waals surface area (Å²) >= 11 is 0. The minimum atomic E-state index is -0.548. The Kier molecular flexibility index (Phi) is 7.59. The van der Waals surface area contributed by atoms with Gasteiger partial charge < -0.3 is 14.2 Å². The molecule has 32 heavy (non-hydrogen) atoms. The highest BCUT2D eigenvalue weighted by atomic mass is 16.6. The zero-order valence-corrected chi connectivity index (χ0v) is 19.3. The number of rotatable bonds is 8. The second-order valence-electron chi connectivity index (χ2n) is 9.58. The molecular formula is C26H37NO5. The molecule has 3 aliphatic rings. The minimum absolute atomic E-state index is 0.246. The van der Waals surface area contributed by atoms with Gasteiger partial charge in [-0.2, -0.15) is 0 Å². The van der Waals surface area contributed by atoms with Gasteiger partial charge in [-0.15, -0.1) is 0 Å². The molecule has 1 aromatic carbocycles. The van der Waals surface area contributed by atoms with E-state index in [2.05, 4.69) is 11.4 Å². The second kappa shape index (κ2) is 10.6.